The van der Waals surface area contributed by atoms with Crippen molar-refractivity contribution in [1.82, 2.24) is 30.5 Å². The van der Waals surface area contributed by atoms with Crippen molar-refractivity contribution in [2.45, 2.75) is 32.7 Å². The highest BCUT2D eigenvalue weighted by atomic mass is 16.2. The molecule has 0 aliphatic carbocycles. The van der Waals surface area contributed by atoms with E-state index in [-0.39, 0.29) is 11.4 Å². The van der Waals surface area contributed by atoms with Gasteiger partial charge in [-0.25, -0.2) is 4.79 Å². The Kier molecular flexibility index (Phi) is 3.96. The molecule has 0 atom stereocenters. The fourth-order valence-corrected chi connectivity index (χ4v) is 2.33. The van der Waals surface area contributed by atoms with Crippen molar-refractivity contribution in [2.75, 3.05) is 12.4 Å². The zero-order chi connectivity index (χ0) is 17.3. The van der Waals surface area contributed by atoms with Gasteiger partial charge in [-0.05, 0) is 18.2 Å². The van der Waals surface area contributed by atoms with Crippen molar-refractivity contribution in [2.24, 2.45) is 0 Å². The highest BCUT2D eigenvalue weighted by molar-refractivity contribution is 5.98. The third-order valence-corrected chi connectivity index (χ3v) is 3.74. The average molecular weight is 327 g/mol. The molecule has 0 saturated heterocycles. The molecule has 0 aliphatic heterocycles. The van der Waals surface area contributed by atoms with Crippen molar-refractivity contribution in [3.8, 4) is 0 Å². The summed E-state index contributed by atoms with van der Waals surface area (Å²) in [4.78, 5) is 14.0. The number of H-pyrrole nitrogens is 2. The molecule has 2 heterocycles. The van der Waals surface area contributed by atoms with Gasteiger partial charge in [0, 0.05) is 12.5 Å². The van der Waals surface area contributed by atoms with E-state index in [1.165, 1.54) is 0 Å². The van der Waals surface area contributed by atoms with Crippen LogP contribution in [-0.2, 0) is 12.0 Å². The lowest BCUT2D eigenvalue weighted by molar-refractivity contribution is 0.220. The molecular weight excluding hydrogens is 306 g/mol. The van der Waals surface area contributed by atoms with Crippen molar-refractivity contribution >= 4 is 22.8 Å². The summed E-state index contributed by atoms with van der Waals surface area (Å²) in [6.07, 6.45) is 0. The smallest absolute Gasteiger partial charge is 0.322 e. The Labute approximate surface area is 139 Å². The van der Waals surface area contributed by atoms with Crippen molar-refractivity contribution in [3.05, 3.63) is 35.7 Å². The van der Waals surface area contributed by atoms with E-state index in [2.05, 4.69) is 51.7 Å². The maximum absolute atomic E-state index is 12.4. The summed E-state index contributed by atoms with van der Waals surface area (Å²) in [5.41, 5.74) is 3.79. The molecule has 0 fully saturated rings. The largest absolute Gasteiger partial charge is 0.322 e. The van der Waals surface area contributed by atoms with E-state index in [0.29, 0.717) is 23.3 Å². The van der Waals surface area contributed by atoms with E-state index >= 15 is 0 Å². The summed E-state index contributed by atoms with van der Waals surface area (Å²) in [5.74, 6) is 0. The van der Waals surface area contributed by atoms with Gasteiger partial charge in [0.2, 0.25) is 0 Å². The first kappa shape index (κ1) is 16.0. The standard InChI is InChI=1S/C16H21N7O/c1-16(2,3)13-8-10(18-20-13)9-23(4)15(24)17-11-6-5-7-12-14(11)21-22-19-12/h5-8H,9H2,1-4H3,(H,17,24)(H,18,20)(H,19,21,22). The number of anilines is 1. The van der Waals surface area contributed by atoms with Crippen LogP contribution in [0.1, 0.15) is 32.2 Å². The summed E-state index contributed by atoms with van der Waals surface area (Å²) in [5, 5.41) is 20.8. The minimum Gasteiger partial charge on any atom is -0.322 e. The third-order valence-electron chi connectivity index (χ3n) is 3.74. The number of fused-ring (bicyclic) bond motifs is 1. The van der Waals surface area contributed by atoms with Crippen LogP contribution in [0, 0.1) is 0 Å². The number of amides is 2. The fraction of sp³-hybridized carbons (Fsp3) is 0.375. The fourth-order valence-electron chi connectivity index (χ4n) is 2.33. The van der Waals surface area contributed by atoms with E-state index in [9.17, 15) is 4.79 Å². The first-order valence-electron chi connectivity index (χ1n) is 7.71. The molecule has 126 valence electrons. The maximum Gasteiger partial charge on any atom is 0.322 e. The predicted molar refractivity (Wildman–Crippen MR) is 91.7 cm³/mol. The molecule has 3 N–H and O–H groups in total. The maximum atomic E-state index is 12.4. The molecule has 2 aromatic heterocycles. The van der Waals surface area contributed by atoms with E-state index in [0.717, 1.165) is 11.4 Å². The number of urea groups is 1. The number of rotatable bonds is 3. The zero-order valence-corrected chi connectivity index (χ0v) is 14.2. The van der Waals surface area contributed by atoms with Gasteiger partial charge in [0.15, 0.2) is 0 Å². The van der Waals surface area contributed by atoms with Crippen LogP contribution in [0.3, 0.4) is 0 Å². The van der Waals surface area contributed by atoms with Gasteiger partial charge in [0.05, 0.1) is 23.6 Å². The molecule has 8 heteroatoms. The second-order valence-corrected chi connectivity index (χ2v) is 6.81. The second-order valence-electron chi connectivity index (χ2n) is 6.81. The molecule has 0 saturated carbocycles. The molecule has 8 nitrogen and oxygen atoms in total. The van der Waals surface area contributed by atoms with E-state index in [4.69, 9.17) is 0 Å². The molecule has 0 aliphatic rings. The Morgan fingerprint density at radius 2 is 2.04 bits per heavy atom. The number of nitrogens with one attached hydrogen (secondary N) is 3. The van der Waals surface area contributed by atoms with Crippen LogP contribution in [0.15, 0.2) is 24.3 Å². The lowest BCUT2D eigenvalue weighted by Crippen LogP contribution is -2.31. The summed E-state index contributed by atoms with van der Waals surface area (Å²) < 4.78 is 0. The molecule has 0 radical (unpaired) electrons. The van der Waals surface area contributed by atoms with Crippen LogP contribution in [0.4, 0.5) is 10.5 Å². The molecule has 2 amide bonds. The summed E-state index contributed by atoms with van der Waals surface area (Å²) >= 11 is 0. The molecule has 1 aromatic carbocycles. The number of aromatic amines is 2. The number of nitrogens with zero attached hydrogens (tertiary/aromatic N) is 4. The van der Waals surface area contributed by atoms with E-state index in [1.54, 1.807) is 18.0 Å². The minimum absolute atomic E-state index is 0.0296. The zero-order valence-electron chi connectivity index (χ0n) is 14.2. The first-order chi connectivity index (χ1) is 11.3. The van der Waals surface area contributed by atoms with Gasteiger partial charge in [-0.3, -0.25) is 5.10 Å². The third kappa shape index (κ3) is 3.22. The Balaban J connectivity index is 1.69. The summed E-state index contributed by atoms with van der Waals surface area (Å²) in [6, 6.07) is 7.21. The van der Waals surface area contributed by atoms with Crippen LogP contribution < -0.4 is 5.32 Å². The Hall–Kier alpha value is -2.90. The highest BCUT2D eigenvalue weighted by Gasteiger charge is 2.19. The molecule has 0 spiro atoms. The van der Waals surface area contributed by atoms with E-state index in [1.807, 2.05) is 18.2 Å². The first-order valence-corrected chi connectivity index (χ1v) is 7.71. The summed E-state index contributed by atoms with van der Waals surface area (Å²) in [6.45, 7) is 6.73. The SMILES string of the molecule is CN(Cc1cc(C(C)(C)C)n[nH]1)C(=O)Nc1cccc2n[nH]nc12. The van der Waals surface area contributed by atoms with Crippen LogP contribution in [0.5, 0.6) is 0 Å². The van der Waals surface area contributed by atoms with Gasteiger partial charge in [-0.1, -0.05) is 26.8 Å². The molecule has 3 aromatic rings. The van der Waals surface area contributed by atoms with Crippen LogP contribution >= 0.6 is 0 Å². The molecule has 24 heavy (non-hydrogen) atoms. The monoisotopic (exact) mass is 327 g/mol. The lowest BCUT2D eigenvalue weighted by atomic mass is 9.92. The average Bonchev–Trinajstić information content (AvgIpc) is 3.15. The number of carbonyl (C=O) groups is 1. The second kappa shape index (κ2) is 5.95. The molecule has 3 rings (SSSR count). The predicted octanol–water partition coefficient (Wildman–Crippen LogP) is 2.64. The van der Waals surface area contributed by atoms with E-state index < -0.39 is 0 Å². The van der Waals surface area contributed by atoms with Gasteiger partial charge in [-0.15, -0.1) is 0 Å². The summed E-state index contributed by atoms with van der Waals surface area (Å²) in [7, 11) is 1.73. The van der Waals surface area contributed by atoms with Gasteiger partial charge in [0.25, 0.3) is 0 Å². The molecule has 0 unspecified atom stereocenters. The van der Waals surface area contributed by atoms with Gasteiger partial charge < -0.3 is 10.2 Å². The molecular formula is C16H21N7O. The van der Waals surface area contributed by atoms with Crippen LogP contribution in [0.25, 0.3) is 11.0 Å². The minimum atomic E-state index is -0.225. The van der Waals surface area contributed by atoms with Gasteiger partial charge in [-0.2, -0.15) is 20.5 Å². The Morgan fingerprint density at radius 3 is 2.75 bits per heavy atom. The number of aromatic nitrogens is 5. The van der Waals surface area contributed by atoms with Crippen LogP contribution in [-0.4, -0.2) is 43.6 Å². The Bertz CT molecular complexity index is 859. The topological polar surface area (TPSA) is 103 Å². The number of hydrogen-bond donors (Lipinski definition) is 3. The number of para-hydroxylation sites is 1. The van der Waals surface area contributed by atoms with Crippen LogP contribution in [0.2, 0.25) is 0 Å². The number of carbonyl (C=O) groups excluding carboxylic acids is 1. The van der Waals surface area contributed by atoms with Gasteiger partial charge in [0.1, 0.15) is 11.0 Å². The lowest BCUT2D eigenvalue weighted by Gasteiger charge is -2.17. The Morgan fingerprint density at radius 1 is 1.25 bits per heavy atom. The normalized spacial score (nSPS) is 11.7. The van der Waals surface area contributed by atoms with Gasteiger partial charge >= 0.3 is 6.03 Å². The number of benzene rings is 1. The highest BCUT2D eigenvalue weighted by Crippen LogP contribution is 2.21. The van der Waals surface area contributed by atoms with Crippen molar-refractivity contribution in [3.63, 3.8) is 0 Å². The quantitative estimate of drug-likeness (QED) is 0.688. The van der Waals surface area contributed by atoms with Crippen molar-refractivity contribution in [1.29, 1.82) is 0 Å². The van der Waals surface area contributed by atoms with Crippen molar-refractivity contribution < 1.29 is 4.79 Å². The number of hydrogen-bond acceptors (Lipinski definition) is 4. The molecule has 0 bridgehead atoms.